The second kappa shape index (κ2) is 27.0. The molecule has 0 aliphatic carbocycles. The fourth-order valence-corrected chi connectivity index (χ4v) is 5.37. The van der Waals surface area contributed by atoms with Crippen LogP contribution in [0.3, 0.4) is 0 Å². The molecule has 0 fully saturated rings. The molecule has 1 rings (SSSR count). The van der Waals surface area contributed by atoms with Gasteiger partial charge in [-0.2, -0.15) is 0 Å². The van der Waals surface area contributed by atoms with Crippen LogP contribution in [-0.4, -0.2) is 148 Å². The highest BCUT2D eigenvalue weighted by Crippen LogP contribution is 2.11. The third-order valence-electron chi connectivity index (χ3n) is 8.08. The van der Waals surface area contributed by atoms with Crippen molar-refractivity contribution in [1.29, 1.82) is 0 Å². The first-order valence-electron chi connectivity index (χ1n) is 19.8. The number of ether oxygens (including phenoxy) is 2. The Bertz CT molecular complexity index is 1780. The smallest absolute Gasteiger partial charge is 0.408 e. The molecule has 1 aromatic heterocycles. The molecule has 1 heterocycles. The number of aromatic amines is 1. The second-order valence-electron chi connectivity index (χ2n) is 15.3. The van der Waals surface area contributed by atoms with Gasteiger partial charge in [-0.15, -0.1) is 0 Å². The number of carboxylic acids is 2. The van der Waals surface area contributed by atoms with Crippen molar-refractivity contribution < 1.29 is 67.6 Å². The number of nitrogens with one attached hydrogen (secondary N) is 8. The van der Waals surface area contributed by atoms with Crippen LogP contribution in [0.1, 0.15) is 79.3 Å². The maximum absolute atomic E-state index is 13.9. The molecule has 5 atom stereocenters. The first kappa shape index (κ1) is 54.0. The number of nitrogens with zero attached hydrogens (tertiary/aromatic N) is 2. The van der Waals surface area contributed by atoms with Crippen LogP contribution >= 0.6 is 0 Å². The van der Waals surface area contributed by atoms with E-state index in [1.807, 2.05) is 0 Å². The van der Waals surface area contributed by atoms with E-state index in [-0.39, 0.29) is 50.7 Å². The van der Waals surface area contributed by atoms with Crippen molar-refractivity contribution in [3.63, 3.8) is 0 Å². The Morgan fingerprint density at radius 2 is 1.30 bits per heavy atom. The molecule has 1 aromatic rings. The molecule has 0 aromatic carbocycles. The van der Waals surface area contributed by atoms with Crippen LogP contribution in [0.5, 0.6) is 0 Å². The van der Waals surface area contributed by atoms with E-state index < -0.39 is 121 Å². The third-order valence-corrected chi connectivity index (χ3v) is 8.08. The minimum atomic E-state index is -1.78. The summed E-state index contributed by atoms with van der Waals surface area (Å²) in [6, 6.07) is -7.71. The Balaban J connectivity index is 3.33. The molecule has 26 nitrogen and oxygen atoms in total. The van der Waals surface area contributed by atoms with Crippen LogP contribution in [0.25, 0.3) is 0 Å². The highest BCUT2D eigenvalue weighted by molar-refractivity contribution is 5.98. The number of carbonyl (C=O) groups is 10. The number of aliphatic imine (C=N–C) groups is 1. The lowest BCUT2D eigenvalue weighted by Gasteiger charge is -2.27. The molecule has 26 heteroatoms. The van der Waals surface area contributed by atoms with E-state index in [4.69, 9.17) is 20.9 Å². The first-order valence-corrected chi connectivity index (χ1v) is 19.8. The van der Waals surface area contributed by atoms with Crippen LogP contribution in [0.2, 0.25) is 0 Å². The van der Waals surface area contributed by atoms with Crippen molar-refractivity contribution in [2.45, 2.75) is 116 Å². The molecular weight excluding hydrogens is 836 g/mol. The Labute approximate surface area is 362 Å². The summed E-state index contributed by atoms with van der Waals surface area (Å²) in [7, 11) is 0. The number of amides is 7. The van der Waals surface area contributed by atoms with Crippen LogP contribution in [0.4, 0.5) is 4.79 Å². The first-order chi connectivity index (χ1) is 29.4. The van der Waals surface area contributed by atoms with Crippen molar-refractivity contribution in [1.82, 2.24) is 47.2 Å². The van der Waals surface area contributed by atoms with Gasteiger partial charge in [0, 0.05) is 24.9 Å². The standard InChI is InChI=1S/C37H60N12O14/c1-7-62-29(55)17-43-31(57)24(13-27(51)52)45-26(50)16-42-30(56)21(9-8-10-41-35(38)39)46-33(59)23(12-20-15-40-18-44-20)47-34(60)25(14-28(53)54)48-32(58)22(11-19(2)3)49-36(61)63-37(4,5)6/h15,18-19,21-25H,7-14,16-17H2,1-6H3,(H,40,44)(H,42,56)(H,43,57)(H,45,50)(H,46,59)(H,47,60)(H,48,58)(H,49,61)(H,51,52)(H,53,54)(H4,38,39,41). The highest BCUT2D eigenvalue weighted by atomic mass is 16.6. The average Bonchev–Trinajstić information content (AvgIpc) is 3.68. The predicted octanol–water partition coefficient (Wildman–Crippen LogP) is -3.37. The molecular formula is C37H60N12O14. The summed E-state index contributed by atoms with van der Waals surface area (Å²) < 4.78 is 9.95. The zero-order valence-electron chi connectivity index (χ0n) is 36.0. The molecule has 0 radical (unpaired) electrons. The number of aliphatic carboxylic acids is 2. The van der Waals surface area contributed by atoms with Gasteiger partial charge in [0.25, 0.3) is 0 Å². The monoisotopic (exact) mass is 896 g/mol. The molecule has 0 spiro atoms. The molecule has 0 saturated carbocycles. The van der Waals surface area contributed by atoms with E-state index >= 15 is 0 Å². The van der Waals surface area contributed by atoms with Gasteiger partial charge in [-0.05, 0) is 52.9 Å². The Morgan fingerprint density at radius 3 is 1.84 bits per heavy atom. The molecule has 0 saturated heterocycles. The minimum absolute atomic E-state index is 0.00822. The van der Waals surface area contributed by atoms with Gasteiger partial charge in [-0.1, -0.05) is 13.8 Å². The van der Waals surface area contributed by atoms with Gasteiger partial charge in [0.2, 0.25) is 35.4 Å². The number of imidazole rings is 1. The van der Waals surface area contributed by atoms with Crippen LogP contribution in [-0.2, 0) is 59.0 Å². The predicted molar refractivity (Wildman–Crippen MR) is 220 cm³/mol. The van der Waals surface area contributed by atoms with Gasteiger partial charge in [-0.25, -0.2) is 9.78 Å². The SMILES string of the molecule is CCOC(=O)CNC(=O)C(CC(=O)O)NC(=O)CNC(=O)C(CCCN=C(N)N)NC(=O)C(Cc1cnc[nH]1)NC(=O)C(CC(=O)O)NC(=O)C(CC(C)C)NC(=O)OC(C)(C)C. The fourth-order valence-electron chi connectivity index (χ4n) is 5.37. The van der Waals surface area contributed by atoms with Gasteiger partial charge in [0.1, 0.15) is 42.4 Å². The zero-order valence-corrected chi connectivity index (χ0v) is 36.0. The quantitative estimate of drug-likeness (QED) is 0.0177. The number of alkyl carbamates (subject to hydrolysis) is 1. The van der Waals surface area contributed by atoms with Gasteiger partial charge in [-0.3, -0.25) is 48.1 Å². The number of carboxylic acid groups (broad SMARTS) is 2. The number of rotatable bonds is 27. The molecule has 14 N–H and O–H groups in total. The summed E-state index contributed by atoms with van der Waals surface area (Å²) in [5, 5.41) is 35.2. The van der Waals surface area contributed by atoms with Crippen LogP contribution < -0.4 is 48.7 Å². The topological polar surface area (TPSA) is 407 Å². The summed E-state index contributed by atoms with van der Waals surface area (Å²) in [4.78, 5) is 138. The number of nitrogens with two attached hydrogens (primary N) is 2. The normalized spacial score (nSPS) is 13.3. The van der Waals surface area contributed by atoms with Crippen LogP contribution in [0.15, 0.2) is 17.5 Å². The lowest BCUT2D eigenvalue weighted by molar-refractivity contribution is -0.144. The van der Waals surface area contributed by atoms with Crippen molar-refractivity contribution in [3.8, 4) is 0 Å². The van der Waals surface area contributed by atoms with E-state index in [1.54, 1.807) is 34.6 Å². The zero-order chi connectivity index (χ0) is 47.9. The number of guanidine groups is 1. The molecule has 63 heavy (non-hydrogen) atoms. The Morgan fingerprint density at radius 1 is 0.762 bits per heavy atom. The third kappa shape index (κ3) is 23.5. The maximum atomic E-state index is 13.9. The molecule has 0 aliphatic heterocycles. The summed E-state index contributed by atoms with van der Waals surface area (Å²) in [5.41, 5.74) is 10.2. The van der Waals surface area contributed by atoms with Crippen molar-refractivity contribution in [2.24, 2.45) is 22.4 Å². The Kier molecular flexibility index (Phi) is 23.2. The number of carbonyl (C=O) groups excluding carboxylic acids is 8. The lowest BCUT2D eigenvalue weighted by Crippen LogP contribution is -2.59. The molecule has 0 aliphatic rings. The number of aromatic nitrogens is 2. The minimum Gasteiger partial charge on any atom is -0.481 e. The average molecular weight is 897 g/mol. The second-order valence-corrected chi connectivity index (χ2v) is 15.3. The van der Waals surface area contributed by atoms with E-state index in [0.717, 1.165) is 0 Å². The number of esters is 1. The van der Waals surface area contributed by atoms with Gasteiger partial charge in [0.15, 0.2) is 5.96 Å². The summed E-state index contributed by atoms with van der Waals surface area (Å²) >= 11 is 0. The number of hydrogen-bond acceptors (Lipinski definition) is 14. The van der Waals surface area contributed by atoms with E-state index in [1.165, 1.54) is 19.4 Å². The fraction of sp³-hybridized carbons (Fsp3) is 0.622. The van der Waals surface area contributed by atoms with Gasteiger partial charge < -0.3 is 73.4 Å². The van der Waals surface area contributed by atoms with E-state index in [9.17, 15) is 58.2 Å². The Hall–Kier alpha value is -7.02. The van der Waals surface area contributed by atoms with E-state index in [2.05, 4.69) is 52.2 Å². The van der Waals surface area contributed by atoms with Gasteiger partial charge >= 0.3 is 24.0 Å². The van der Waals surface area contributed by atoms with Crippen molar-refractivity contribution in [2.75, 3.05) is 26.2 Å². The van der Waals surface area contributed by atoms with Crippen molar-refractivity contribution >= 4 is 65.4 Å². The number of H-pyrrole nitrogens is 1. The molecule has 7 amide bonds. The van der Waals surface area contributed by atoms with Crippen molar-refractivity contribution in [3.05, 3.63) is 18.2 Å². The highest BCUT2D eigenvalue weighted by Gasteiger charge is 2.34. The van der Waals surface area contributed by atoms with Crippen LogP contribution in [0, 0.1) is 5.92 Å². The maximum Gasteiger partial charge on any atom is 0.408 e. The summed E-state index contributed by atoms with van der Waals surface area (Å²) in [6.07, 6.45) is -0.461. The molecule has 352 valence electrons. The summed E-state index contributed by atoms with van der Waals surface area (Å²) in [5.74, 6) is -10.3. The molecule has 0 bridgehead atoms. The largest absolute Gasteiger partial charge is 0.481 e. The molecule has 5 unspecified atom stereocenters. The van der Waals surface area contributed by atoms with Gasteiger partial charge in [0.05, 0.1) is 32.3 Å². The van der Waals surface area contributed by atoms with E-state index in [0.29, 0.717) is 5.69 Å². The summed E-state index contributed by atoms with van der Waals surface area (Å²) in [6.45, 7) is 8.45. The lowest BCUT2D eigenvalue weighted by atomic mass is 10.0. The number of hydrogen-bond donors (Lipinski definition) is 12.